The molecule has 0 unspecified atom stereocenters. The van der Waals surface area contributed by atoms with Gasteiger partial charge in [0.2, 0.25) is 0 Å². The number of carbonyl (C=O) groups is 1. The Morgan fingerprint density at radius 3 is 1.18 bits per heavy atom. The Kier molecular flexibility index (Phi) is 7.52. The number of rotatable bonds is 9. The second-order valence-electron chi connectivity index (χ2n) is 11.6. The lowest BCUT2D eigenvalue weighted by molar-refractivity contribution is 0.112. The Morgan fingerprint density at radius 1 is 0.467 bits per heavy atom. The Morgan fingerprint density at radius 2 is 0.822 bits per heavy atom. The summed E-state index contributed by atoms with van der Waals surface area (Å²) in [6.07, 6.45) is 2.88. The lowest BCUT2D eigenvalue weighted by Crippen LogP contribution is -2.24. The maximum Gasteiger partial charge on any atom is 0.150 e. The quantitative estimate of drug-likeness (QED) is 0.158. The van der Waals surface area contributed by atoms with Gasteiger partial charge in [0.15, 0.2) is 0 Å². The van der Waals surface area contributed by atoms with Gasteiger partial charge in [-0.1, -0.05) is 80.6 Å². The van der Waals surface area contributed by atoms with Gasteiger partial charge >= 0.3 is 0 Å². The van der Waals surface area contributed by atoms with Gasteiger partial charge in [0, 0.05) is 45.1 Å². The van der Waals surface area contributed by atoms with Crippen molar-refractivity contribution in [3.8, 4) is 11.1 Å². The van der Waals surface area contributed by atoms with Crippen molar-refractivity contribution >= 4 is 40.4 Å². The molecule has 0 fully saturated rings. The van der Waals surface area contributed by atoms with Gasteiger partial charge < -0.3 is 9.80 Å². The lowest BCUT2D eigenvalue weighted by atomic mass is 9.73. The molecule has 0 amide bonds. The second-order valence-corrected chi connectivity index (χ2v) is 11.6. The highest BCUT2D eigenvalue weighted by Crippen LogP contribution is 2.55. The fourth-order valence-corrected chi connectivity index (χ4v) is 7.09. The molecule has 0 heterocycles. The van der Waals surface area contributed by atoms with Gasteiger partial charge in [-0.25, -0.2) is 0 Å². The SMILES string of the molecule is CCC1(CC)c2cc(N(c3ccccc3)c3ccccc3)ccc2-c2ccc(N(c3ccccc3)c3ccc(C=O)cc3)cc21. The third-order valence-electron chi connectivity index (χ3n) is 9.38. The van der Waals surface area contributed by atoms with E-state index in [1.807, 2.05) is 30.3 Å². The van der Waals surface area contributed by atoms with E-state index in [4.69, 9.17) is 0 Å². The van der Waals surface area contributed by atoms with Crippen molar-refractivity contribution in [2.45, 2.75) is 32.1 Å². The maximum atomic E-state index is 11.4. The van der Waals surface area contributed by atoms with Gasteiger partial charge in [0.05, 0.1) is 0 Å². The van der Waals surface area contributed by atoms with Crippen LogP contribution in [0.5, 0.6) is 0 Å². The number of hydrogen-bond donors (Lipinski definition) is 0. The number of nitrogens with zero attached hydrogens (tertiary/aromatic N) is 2. The first kappa shape index (κ1) is 28.4. The summed E-state index contributed by atoms with van der Waals surface area (Å²) < 4.78 is 0. The van der Waals surface area contributed by atoms with Crippen LogP contribution in [-0.4, -0.2) is 6.29 Å². The van der Waals surface area contributed by atoms with Crippen LogP contribution in [0.15, 0.2) is 152 Å². The van der Waals surface area contributed by atoms with Crippen LogP contribution in [0.4, 0.5) is 34.1 Å². The summed E-state index contributed by atoms with van der Waals surface area (Å²) >= 11 is 0. The normalized spacial score (nSPS) is 12.7. The van der Waals surface area contributed by atoms with Crippen LogP contribution in [0.25, 0.3) is 11.1 Å². The molecule has 0 atom stereocenters. The Hall–Kier alpha value is -5.41. The van der Waals surface area contributed by atoms with E-state index in [0.29, 0.717) is 5.56 Å². The molecule has 3 nitrogen and oxygen atoms in total. The van der Waals surface area contributed by atoms with Crippen molar-refractivity contribution in [3.05, 3.63) is 168 Å². The fourth-order valence-electron chi connectivity index (χ4n) is 7.09. The first-order valence-corrected chi connectivity index (χ1v) is 15.8. The van der Waals surface area contributed by atoms with Crippen LogP contribution in [0.1, 0.15) is 48.2 Å². The fraction of sp³-hybridized carbons (Fsp3) is 0.119. The van der Waals surface area contributed by atoms with E-state index in [0.717, 1.165) is 53.3 Å². The highest BCUT2D eigenvalue weighted by atomic mass is 16.1. The van der Waals surface area contributed by atoms with Crippen LogP contribution in [-0.2, 0) is 5.41 Å². The predicted octanol–water partition coefficient (Wildman–Crippen LogP) is 11.5. The van der Waals surface area contributed by atoms with Crippen LogP contribution < -0.4 is 9.80 Å². The first-order valence-electron chi connectivity index (χ1n) is 15.8. The number of hydrogen-bond acceptors (Lipinski definition) is 3. The Labute approximate surface area is 266 Å². The number of carbonyl (C=O) groups excluding carboxylic acids is 1. The summed E-state index contributed by atoms with van der Waals surface area (Å²) in [4.78, 5) is 16.0. The van der Waals surface area contributed by atoms with Crippen molar-refractivity contribution in [1.29, 1.82) is 0 Å². The largest absolute Gasteiger partial charge is 0.310 e. The van der Waals surface area contributed by atoms with E-state index >= 15 is 0 Å². The van der Waals surface area contributed by atoms with Crippen LogP contribution >= 0.6 is 0 Å². The van der Waals surface area contributed by atoms with E-state index in [1.54, 1.807) is 0 Å². The molecule has 1 aliphatic carbocycles. The van der Waals surface area contributed by atoms with E-state index in [-0.39, 0.29) is 5.41 Å². The zero-order valence-corrected chi connectivity index (χ0v) is 25.7. The zero-order valence-electron chi connectivity index (χ0n) is 25.7. The molecule has 1 aliphatic rings. The third-order valence-corrected chi connectivity index (χ3v) is 9.38. The summed E-state index contributed by atoms with van der Waals surface area (Å²) in [5.41, 5.74) is 12.6. The molecule has 0 N–H and O–H groups in total. The molecule has 0 saturated heterocycles. The molecule has 3 heteroatoms. The lowest BCUT2D eigenvalue weighted by Gasteiger charge is -2.33. The van der Waals surface area contributed by atoms with Gasteiger partial charge in [-0.05, 0) is 120 Å². The van der Waals surface area contributed by atoms with Crippen molar-refractivity contribution in [2.75, 3.05) is 9.80 Å². The van der Waals surface area contributed by atoms with Crippen LogP contribution in [0.3, 0.4) is 0 Å². The standard InChI is InChI=1S/C42H36N2O/c1-3-42(4-2)40-28-36(43(32-14-8-5-9-15-32)33-16-10-6-11-17-33)24-26-38(40)39-27-25-37(29-41(39)42)44(34-18-12-7-13-19-34)35-22-20-31(30-45)21-23-35/h5-30H,3-4H2,1-2H3. The Bertz CT molecular complexity index is 1890. The predicted molar refractivity (Wildman–Crippen MR) is 188 cm³/mol. The highest BCUT2D eigenvalue weighted by Gasteiger charge is 2.41. The molecule has 0 aromatic heterocycles. The van der Waals surface area contributed by atoms with Gasteiger partial charge in [-0.15, -0.1) is 0 Å². The maximum absolute atomic E-state index is 11.4. The van der Waals surface area contributed by atoms with E-state index in [2.05, 4.69) is 145 Å². The molecule has 7 rings (SSSR count). The number of aldehydes is 1. The van der Waals surface area contributed by atoms with Crippen molar-refractivity contribution in [3.63, 3.8) is 0 Å². The number of fused-ring (bicyclic) bond motifs is 3. The number of benzene rings is 6. The third kappa shape index (κ3) is 4.91. The monoisotopic (exact) mass is 584 g/mol. The summed E-state index contributed by atoms with van der Waals surface area (Å²) in [5, 5.41) is 0. The first-order chi connectivity index (χ1) is 22.2. The molecule has 0 bridgehead atoms. The van der Waals surface area contributed by atoms with E-state index in [1.165, 1.54) is 22.3 Å². The average molecular weight is 585 g/mol. The smallest absolute Gasteiger partial charge is 0.150 e. The topological polar surface area (TPSA) is 23.6 Å². The summed E-state index contributed by atoms with van der Waals surface area (Å²) in [7, 11) is 0. The molecule has 45 heavy (non-hydrogen) atoms. The van der Waals surface area contributed by atoms with Crippen LogP contribution in [0, 0.1) is 0 Å². The van der Waals surface area contributed by atoms with Gasteiger partial charge in [-0.2, -0.15) is 0 Å². The molecular weight excluding hydrogens is 548 g/mol. The number of anilines is 6. The minimum atomic E-state index is -0.126. The van der Waals surface area contributed by atoms with E-state index < -0.39 is 0 Å². The zero-order chi connectivity index (χ0) is 30.8. The molecule has 0 aliphatic heterocycles. The minimum absolute atomic E-state index is 0.126. The van der Waals surface area contributed by atoms with Crippen molar-refractivity contribution < 1.29 is 4.79 Å². The van der Waals surface area contributed by atoms with Gasteiger partial charge in [0.25, 0.3) is 0 Å². The highest BCUT2D eigenvalue weighted by molar-refractivity contribution is 5.89. The molecular formula is C42H36N2O. The summed E-state index contributed by atoms with van der Waals surface area (Å²) in [6.45, 7) is 4.64. The molecule has 220 valence electrons. The summed E-state index contributed by atoms with van der Waals surface area (Å²) in [6, 6.07) is 53.5. The van der Waals surface area contributed by atoms with Crippen molar-refractivity contribution in [1.82, 2.24) is 0 Å². The molecule has 0 radical (unpaired) electrons. The van der Waals surface area contributed by atoms with Gasteiger partial charge in [-0.3, -0.25) is 4.79 Å². The Balaban J connectivity index is 1.38. The number of para-hydroxylation sites is 3. The minimum Gasteiger partial charge on any atom is -0.310 e. The van der Waals surface area contributed by atoms with Crippen molar-refractivity contribution in [2.24, 2.45) is 0 Å². The van der Waals surface area contributed by atoms with Crippen LogP contribution in [0.2, 0.25) is 0 Å². The second kappa shape index (κ2) is 11.9. The van der Waals surface area contributed by atoms with E-state index in [9.17, 15) is 4.79 Å². The molecule has 0 spiro atoms. The molecule has 6 aromatic rings. The molecule has 6 aromatic carbocycles. The van der Waals surface area contributed by atoms with Gasteiger partial charge in [0.1, 0.15) is 6.29 Å². The molecule has 0 saturated carbocycles. The average Bonchev–Trinajstić information content (AvgIpc) is 3.39. The summed E-state index contributed by atoms with van der Waals surface area (Å²) in [5.74, 6) is 0.